The van der Waals surface area contributed by atoms with Crippen LogP contribution in [0, 0.1) is 15.5 Å². The van der Waals surface area contributed by atoms with E-state index in [0.29, 0.717) is 0 Å². The number of aliphatic carboxylic acids is 1. The molecule has 136 valence electrons. The van der Waals surface area contributed by atoms with Crippen LogP contribution in [0.1, 0.15) is 32.1 Å². The number of hydrogen-bond donors (Lipinski definition) is 2. The maximum Gasteiger partial charge on any atom is 0.412 e. The zero-order chi connectivity index (χ0) is 18.4. The summed E-state index contributed by atoms with van der Waals surface area (Å²) in [6, 6.07) is 5.17. The van der Waals surface area contributed by atoms with Crippen molar-refractivity contribution in [2.24, 2.45) is 5.41 Å². The first kappa shape index (κ1) is 19.4. The Labute approximate surface area is 158 Å². The summed E-state index contributed by atoms with van der Waals surface area (Å²) in [6.07, 6.45) is 2.96. The van der Waals surface area contributed by atoms with Crippen LogP contribution in [0.25, 0.3) is 0 Å². The number of non-ortho nitro benzene ring substituents is 1. The number of benzene rings is 1. The summed E-state index contributed by atoms with van der Waals surface area (Å²) < 4.78 is 5.26. The number of nitro benzene ring substituents is 1. The Hall–Kier alpha value is -1.91. The smallest absolute Gasteiger partial charge is 0.412 e. The molecule has 1 saturated carbocycles. The second-order valence-corrected chi connectivity index (χ2v) is 7.64. The van der Waals surface area contributed by atoms with Gasteiger partial charge in [0.05, 0.1) is 11.3 Å². The van der Waals surface area contributed by atoms with Gasteiger partial charge in [-0.3, -0.25) is 14.9 Å². The molecule has 2 unspecified atom stereocenters. The van der Waals surface area contributed by atoms with Crippen molar-refractivity contribution in [2.45, 2.75) is 36.0 Å². The van der Waals surface area contributed by atoms with E-state index >= 15 is 0 Å². The minimum absolute atomic E-state index is 0.00157. The minimum atomic E-state index is -0.880. The Morgan fingerprint density at radius 1 is 1.36 bits per heavy atom. The number of alkyl halides is 1. The van der Waals surface area contributed by atoms with Crippen molar-refractivity contribution in [1.29, 1.82) is 0 Å². The lowest BCUT2D eigenvalue weighted by Crippen LogP contribution is -2.46. The lowest BCUT2D eigenvalue weighted by Gasteiger charge is -2.40. The Bertz CT molecular complexity index is 651. The third-order valence-electron chi connectivity index (χ3n) is 4.39. The summed E-state index contributed by atoms with van der Waals surface area (Å²) in [5, 5.41) is 22.5. The van der Waals surface area contributed by atoms with E-state index in [-0.39, 0.29) is 28.3 Å². The lowest BCUT2D eigenvalue weighted by molar-refractivity contribution is -0.384. The van der Waals surface area contributed by atoms with Crippen molar-refractivity contribution in [2.75, 3.05) is 6.54 Å². The van der Waals surface area contributed by atoms with Gasteiger partial charge in [-0.25, -0.2) is 4.79 Å². The number of halogens is 1. The molecule has 1 aliphatic carbocycles. The monoisotopic (exact) mass is 462 g/mol. The quantitative estimate of drug-likeness (QED) is 0.289. The maximum atomic E-state index is 12.0. The number of nitrogens with one attached hydrogen (secondary N) is 1. The molecule has 0 bridgehead atoms. The molecule has 9 heteroatoms. The molecule has 1 aliphatic rings. The van der Waals surface area contributed by atoms with Gasteiger partial charge in [0.1, 0.15) is 5.75 Å². The topological polar surface area (TPSA) is 119 Å². The largest absolute Gasteiger partial charge is 0.481 e. The molecule has 0 radical (unpaired) electrons. The normalized spacial score (nSPS) is 22.8. The number of rotatable bonds is 6. The summed E-state index contributed by atoms with van der Waals surface area (Å²) in [6.45, 7) is 0.221. The van der Waals surface area contributed by atoms with Crippen molar-refractivity contribution in [3.05, 3.63) is 34.4 Å². The molecule has 0 heterocycles. The Balaban J connectivity index is 1.96. The molecule has 0 aliphatic heterocycles. The van der Waals surface area contributed by atoms with Gasteiger partial charge in [0.25, 0.3) is 5.69 Å². The van der Waals surface area contributed by atoms with E-state index in [9.17, 15) is 24.8 Å². The summed E-state index contributed by atoms with van der Waals surface area (Å²) in [5.74, 6) is -0.695. The van der Waals surface area contributed by atoms with E-state index in [1.165, 1.54) is 24.3 Å². The number of carboxylic acids is 1. The van der Waals surface area contributed by atoms with Crippen LogP contribution < -0.4 is 10.1 Å². The van der Waals surface area contributed by atoms with Gasteiger partial charge in [-0.05, 0) is 25.0 Å². The standard InChI is InChI=1S/C16H19IN2O6/c17-13-3-1-2-8-16(13,9-14(20)21)10-18-15(22)25-12-6-4-11(5-7-12)19(23)24/h4-7,13H,1-3,8-10H2,(H,18,22)(H,20,21). The molecule has 25 heavy (non-hydrogen) atoms. The zero-order valence-corrected chi connectivity index (χ0v) is 15.6. The fourth-order valence-electron chi connectivity index (χ4n) is 3.05. The van der Waals surface area contributed by atoms with E-state index in [4.69, 9.17) is 4.74 Å². The fraction of sp³-hybridized carbons (Fsp3) is 0.500. The summed E-state index contributed by atoms with van der Waals surface area (Å²) in [4.78, 5) is 33.3. The molecule has 1 fully saturated rings. The Kier molecular flexibility index (Phi) is 6.57. The maximum absolute atomic E-state index is 12.0. The third kappa shape index (κ3) is 5.28. The summed E-state index contributed by atoms with van der Waals surface area (Å²) >= 11 is 2.27. The van der Waals surface area contributed by atoms with Gasteiger partial charge in [-0.15, -0.1) is 0 Å². The van der Waals surface area contributed by atoms with Gasteiger partial charge in [0, 0.05) is 28.0 Å². The molecule has 1 amide bonds. The van der Waals surface area contributed by atoms with Gasteiger partial charge in [-0.1, -0.05) is 35.4 Å². The van der Waals surface area contributed by atoms with Crippen molar-refractivity contribution >= 4 is 40.3 Å². The van der Waals surface area contributed by atoms with Gasteiger partial charge in [0.15, 0.2) is 0 Å². The molecule has 0 saturated heterocycles. The first-order valence-corrected chi connectivity index (χ1v) is 9.13. The number of nitro groups is 1. The highest BCUT2D eigenvalue weighted by Crippen LogP contribution is 2.43. The highest BCUT2D eigenvalue weighted by molar-refractivity contribution is 14.1. The lowest BCUT2D eigenvalue weighted by atomic mass is 9.71. The number of nitrogens with zero attached hydrogens (tertiary/aromatic N) is 1. The van der Waals surface area contributed by atoms with Crippen LogP contribution in [0.4, 0.5) is 10.5 Å². The molecule has 8 nitrogen and oxygen atoms in total. The van der Waals surface area contributed by atoms with Crippen LogP contribution in [0.3, 0.4) is 0 Å². The molecule has 1 aromatic rings. The molecule has 2 N–H and O–H groups in total. The first-order valence-electron chi connectivity index (χ1n) is 7.88. The Morgan fingerprint density at radius 3 is 2.60 bits per heavy atom. The van der Waals surface area contributed by atoms with E-state index in [0.717, 1.165) is 25.7 Å². The van der Waals surface area contributed by atoms with Crippen LogP contribution in [0.2, 0.25) is 0 Å². The van der Waals surface area contributed by atoms with Gasteiger partial charge in [-0.2, -0.15) is 0 Å². The van der Waals surface area contributed by atoms with E-state index in [1.54, 1.807) is 0 Å². The van der Waals surface area contributed by atoms with E-state index in [1.807, 2.05) is 0 Å². The van der Waals surface area contributed by atoms with Crippen molar-refractivity contribution in [1.82, 2.24) is 5.32 Å². The minimum Gasteiger partial charge on any atom is -0.481 e. The van der Waals surface area contributed by atoms with Crippen LogP contribution in [-0.2, 0) is 4.79 Å². The average Bonchev–Trinajstić information content (AvgIpc) is 2.55. The van der Waals surface area contributed by atoms with Crippen LogP contribution in [0.5, 0.6) is 5.75 Å². The van der Waals surface area contributed by atoms with E-state index in [2.05, 4.69) is 27.9 Å². The predicted octanol–water partition coefficient (Wildman–Crippen LogP) is 3.52. The van der Waals surface area contributed by atoms with Crippen LogP contribution >= 0.6 is 22.6 Å². The molecular formula is C16H19IN2O6. The molecule has 0 aromatic heterocycles. The molecule has 2 atom stereocenters. The molecule has 2 rings (SSSR count). The first-order chi connectivity index (χ1) is 11.8. The zero-order valence-electron chi connectivity index (χ0n) is 13.4. The Morgan fingerprint density at radius 2 is 2.04 bits per heavy atom. The van der Waals surface area contributed by atoms with Crippen molar-refractivity contribution < 1.29 is 24.4 Å². The fourth-order valence-corrected chi connectivity index (χ4v) is 4.24. The second-order valence-electron chi connectivity index (χ2n) is 6.14. The van der Waals surface area contributed by atoms with Crippen molar-refractivity contribution in [3.63, 3.8) is 0 Å². The molecule has 0 spiro atoms. The number of carboxylic acid groups (broad SMARTS) is 1. The highest BCUT2D eigenvalue weighted by atomic mass is 127. The van der Waals surface area contributed by atoms with Gasteiger partial charge < -0.3 is 15.2 Å². The number of amides is 1. The molecule has 1 aromatic carbocycles. The van der Waals surface area contributed by atoms with Gasteiger partial charge >= 0.3 is 12.1 Å². The second kappa shape index (κ2) is 8.45. The van der Waals surface area contributed by atoms with Crippen LogP contribution in [-0.4, -0.2) is 32.6 Å². The van der Waals surface area contributed by atoms with Crippen molar-refractivity contribution in [3.8, 4) is 5.75 Å². The number of hydrogen-bond acceptors (Lipinski definition) is 5. The summed E-state index contributed by atoms with van der Waals surface area (Å²) in [5.41, 5.74) is -0.581. The third-order valence-corrected chi connectivity index (χ3v) is 6.34. The number of carbonyl (C=O) groups is 2. The predicted molar refractivity (Wildman–Crippen MR) is 98.1 cm³/mol. The SMILES string of the molecule is O=C(O)CC1(CNC(=O)Oc2ccc([N+](=O)[O-])cc2)CCCCC1I. The van der Waals surface area contributed by atoms with Gasteiger partial charge in [0.2, 0.25) is 0 Å². The number of carbonyl (C=O) groups excluding carboxylic acids is 1. The highest BCUT2D eigenvalue weighted by Gasteiger charge is 2.41. The van der Waals surface area contributed by atoms with Crippen LogP contribution in [0.15, 0.2) is 24.3 Å². The molecular weight excluding hydrogens is 443 g/mol. The van der Waals surface area contributed by atoms with E-state index < -0.39 is 22.4 Å². The number of ether oxygens (including phenoxy) is 1. The average molecular weight is 462 g/mol. The summed E-state index contributed by atoms with van der Waals surface area (Å²) in [7, 11) is 0.